The largest absolute Gasteiger partial charge is 0.478 e. The Kier molecular flexibility index (Phi) is 8.35. The number of carboxylic acids is 1. The van der Waals surface area contributed by atoms with Crippen LogP contribution in [0.4, 0.5) is 0 Å². The van der Waals surface area contributed by atoms with Crippen LogP contribution < -0.4 is 0 Å². The van der Waals surface area contributed by atoms with Crippen molar-refractivity contribution in [1.29, 1.82) is 0 Å². The first kappa shape index (κ1) is 23.4. The van der Waals surface area contributed by atoms with Crippen LogP contribution in [0.15, 0.2) is 60.9 Å². The average molecular weight is 467 g/mol. The molecule has 0 unspecified atom stereocenters. The minimum Gasteiger partial charge on any atom is -0.478 e. The minimum absolute atomic E-state index is 0.257. The average Bonchev–Trinajstić information content (AvgIpc) is 3.43. The number of carboxylic acid groups (broad SMARTS) is 1. The highest BCUT2D eigenvalue weighted by Crippen LogP contribution is 2.18. The molecule has 0 saturated heterocycles. The summed E-state index contributed by atoms with van der Waals surface area (Å²) in [5, 5.41) is 8.82. The molecule has 32 heavy (non-hydrogen) atoms. The van der Waals surface area contributed by atoms with E-state index in [0.717, 1.165) is 17.0 Å². The van der Waals surface area contributed by atoms with E-state index in [9.17, 15) is 4.79 Å². The molecule has 4 rings (SSSR count). The summed E-state index contributed by atoms with van der Waals surface area (Å²) >= 11 is 9.91. The lowest BCUT2D eigenvalue weighted by atomic mass is 10.0. The van der Waals surface area contributed by atoms with E-state index in [1.807, 2.05) is 12.3 Å². The van der Waals surface area contributed by atoms with Gasteiger partial charge in [0.15, 0.2) is 9.54 Å². The maximum atomic E-state index is 10.8. The quantitative estimate of drug-likeness (QED) is 0.151. The van der Waals surface area contributed by atoms with Gasteiger partial charge < -0.3 is 25.0 Å². The number of carbonyl (C=O) groups is 1. The second kappa shape index (κ2) is 11.4. The minimum atomic E-state index is -0.939. The highest BCUT2D eigenvalue weighted by molar-refractivity contribution is 7.71. The normalized spacial score (nSPS) is 10.4. The van der Waals surface area contributed by atoms with Gasteiger partial charge in [-0.1, -0.05) is 56.2 Å². The van der Waals surface area contributed by atoms with Gasteiger partial charge in [-0.2, -0.15) is 0 Å². The zero-order valence-corrected chi connectivity index (χ0v) is 19.4. The van der Waals surface area contributed by atoms with E-state index in [0.29, 0.717) is 9.54 Å². The lowest BCUT2D eigenvalue weighted by Crippen LogP contribution is -1.95. The molecular formula is C24H26N4O2S2. The number of aromatic nitrogens is 4. The Morgan fingerprint density at radius 2 is 1.50 bits per heavy atom. The fourth-order valence-electron chi connectivity index (χ4n) is 3.23. The summed E-state index contributed by atoms with van der Waals surface area (Å²) in [5.74, 6) is -0.939. The summed E-state index contributed by atoms with van der Waals surface area (Å²) < 4.78 is 1.19. The number of benzene rings is 2. The van der Waals surface area contributed by atoms with Crippen molar-refractivity contribution in [2.45, 2.75) is 32.6 Å². The maximum absolute atomic E-state index is 10.8. The SMILES string of the molecule is CCCCCc1ccc(-c2c[nH]c(=S)[nH]2)cc1.O=C(O)c1cccc(-c2c[nH]c(=S)[nH]2)c1. The van der Waals surface area contributed by atoms with Crippen LogP contribution in [0.2, 0.25) is 0 Å². The Balaban J connectivity index is 0.000000182. The molecule has 2 heterocycles. The van der Waals surface area contributed by atoms with Gasteiger partial charge in [-0.15, -0.1) is 0 Å². The molecule has 0 atom stereocenters. The molecule has 0 radical (unpaired) electrons. The Bertz CT molecular complexity index is 1270. The summed E-state index contributed by atoms with van der Waals surface area (Å²) in [5.41, 5.74) is 5.47. The predicted octanol–water partition coefficient (Wildman–Crippen LogP) is 6.91. The number of hydrogen-bond donors (Lipinski definition) is 5. The van der Waals surface area contributed by atoms with Crippen LogP contribution >= 0.6 is 24.4 Å². The second-order valence-corrected chi connectivity index (χ2v) is 8.17. The molecule has 0 spiro atoms. The molecule has 6 nitrogen and oxygen atoms in total. The van der Waals surface area contributed by atoms with Crippen molar-refractivity contribution in [3.8, 4) is 22.5 Å². The lowest BCUT2D eigenvalue weighted by Gasteiger charge is -2.02. The molecule has 2 aromatic carbocycles. The van der Waals surface area contributed by atoms with Gasteiger partial charge >= 0.3 is 5.97 Å². The van der Waals surface area contributed by atoms with Gasteiger partial charge in [-0.05, 0) is 60.5 Å². The second-order valence-electron chi connectivity index (χ2n) is 7.35. The zero-order chi connectivity index (χ0) is 22.9. The number of rotatable bonds is 7. The van der Waals surface area contributed by atoms with E-state index in [-0.39, 0.29) is 5.56 Å². The van der Waals surface area contributed by atoms with Crippen molar-refractivity contribution in [2.75, 3.05) is 0 Å². The van der Waals surface area contributed by atoms with Crippen LogP contribution in [-0.4, -0.2) is 31.0 Å². The summed E-state index contributed by atoms with van der Waals surface area (Å²) in [6, 6.07) is 15.4. The van der Waals surface area contributed by atoms with Gasteiger partial charge in [0.2, 0.25) is 0 Å². The smallest absolute Gasteiger partial charge is 0.335 e. The number of H-pyrrole nitrogens is 4. The van der Waals surface area contributed by atoms with E-state index in [1.54, 1.807) is 24.4 Å². The summed E-state index contributed by atoms with van der Waals surface area (Å²) in [4.78, 5) is 22.6. The lowest BCUT2D eigenvalue weighted by molar-refractivity contribution is 0.0697. The first-order valence-electron chi connectivity index (χ1n) is 10.4. The zero-order valence-electron chi connectivity index (χ0n) is 17.8. The molecule has 2 aromatic heterocycles. The topological polar surface area (TPSA) is 100 Å². The summed E-state index contributed by atoms with van der Waals surface area (Å²) in [6.07, 6.45) is 8.67. The number of nitrogens with one attached hydrogen (secondary N) is 4. The van der Waals surface area contributed by atoms with Gasteiger partial charge in [-0.3, -0.25) is 0 Å². The maximum Gasteiger partial charge on any atom is 0.335 e. The fraction of sp³-hybridized carbons (Fsp3) is 0.208. The van der Waals surface area contributed by atoms with Crippen molar-refractivity contribution < 1.29 is 9.90 Å². The number of unbranched alkanes of at least 4 members (excludes halogenated alkanes) is 2. The summed E-state index contributed by atoms with van der Waals surface area (Å²) in [6.45, 7) is 2.23. The monoisotopic (exact) mass is 466 g/mol. The van der Waals surface area contributed by atoms with E-state index < -0.39 is 5.97 Å². The number of aromatic carboxylic acids is 1. The first-order valence-corrected chi connectivity index (χ1v) is 11.3. The van der Waals surface area contributed by atoms with Gasteiger partial charge in [0.05, 0.1) is 17.0 Å². The molecule has 0 saturated carbocycles. The molecule has 0 aliphatic carbocycles. The van der Waals surface area contributed by atoms with Gasteiger partial charge in [0, 0.05) is 18.0 Å². The molecule has 0 fully saturated rings. The molecule has 4 aromatic rings. The number of imidazole rings is 2. The van der Waals surface area contributed by atoms with Crippen molar-refractivity contribution in [1.82, 2.24) is 19.9 Å². The van der Waals surface area contributed by atoms with Gasteiger partial charge in [0.1, 0.15) is 0 Å². The molecule has 0 aliphatic rings. The third-order valence-corrected chi connectivity index (χ3v) is 5.39. The molecule has 0 amide bonds. The van der Waals surface area contributed by atoms with Crippen molar-refractivity contribution >= 4 is 30.4 Å². The van der Waals surface area contributed by atoms with Crippen LogP contribution in [-0.2, 0) is 6.42 Å². The van der Waals surface area contributed by atoms with Crippen LogP contribution in [0, 0.1) is 9.54 Å². The third kappa shape index (κ3) is 6.63. The van der Waals surface area contributed by atoms with Crippen LogP contribution in [0.3, 0.4) is 0 Å². The van der Waals surface area contributed by atoms with E-state index in [4.69, 9.17) is 29.5 Å². The Labute approximate surface area is 196 Å². The van der Waals surface area contributed by atoms with Crippen LogP contribution in [0.5, 0.6) is 0 Å². The van der Waals surface area contributed by atoms with Crippen LogP contribution in [0.25, 0.3) is 22.5 Å². The van der Waals surface area contributed by atoms with E-state index >= 15 is 0 Å². The molecular weight excluding hydrogens is 440 g/mol. The van der Waals surface area contributed by atoms with Gasteiger partial charge in [0.25, 0.3) is 0 Å². The number of aromatic amines is 4. The molecule has 8 heteroatoms. The first-order chi connectivity index (χ1) is 15.5. The number of aryl methyl sites for hydroxylation is 1. The van der Waals surface area contributed by atoms with Crippen molar-refractivity contribution in [3.63, 3.8) is 0 Å². The highest BCUT2D eigenvalue weighted by Gasteiger charge is 2.05. The Hall–Kier alpha value is -3.23. The third-order valence-electron chi connectivity index (χ3n) is 4.95. The summed E-state index contributed by atoms with van der Waals surface area (Å²) in [7, 11) is 0. The number of hydrogen-bond acceptors (Lipinski definition) is 3. The van der Waals surface area contributed by atoms with Crippen molar-refractivity contribution in [2.24, 2.45) is 0 Å². The molecule has 5 N–H and O–H groups in total. The molecule has 0 bridgehead atoms. The highest BCUT2D eigenvalue weighted by atomic mass is 32.1. The molecule has 0 aliphatic heterocycles. The predicted molar refractivity (Wildman–Crippen MR) is 133 cm³/mol. The fourth-order valence-corrected chi connectivity index (χ4v) is 3.56. The standard InChI is InChI=1S/C14H18N2S.C10H8N2O2S/c1-2-3-4-5-11-6-8-12(9-7-11)13-10-15-14(17)16-13;13-9(14)7-3-1-2-6(4-7)8-5-11-10(15)12-8/h6-10H,2-5H2,1H3,(H2,15,16,17);1-5H,(H,13,14)(H2,11,12,15). The Morgan fingerprint density at radius 3 is 2.03 bits per heavy atom. The van der Waals surface area contributed by atoms with E-state index in [1.165, 1.54) is 36.8 Å². The Morgan fingerprint density at radius 1 is 0.875 bits per heavy atom. The molecule has 166 valence electrons. The van der Waals surface area contributed by atoms with Crippen LogP contribution in [0.1, 0.15) is 42.1 Å². The van der Waals surface area contributed by atoms with Gasteiger partial charge in [-0.25, -0.2) is 4.79 Å². The van der Waals surface area contributed by atoms with Crippen molar-refractivity contribution in [3.05, 3.63) is 81.6 Å². The van der Waals surface area contributed by atoms with E-state index in [2.05, 4.69) is 51.1 Å².